The van der Waals surface area contributed by atoms with Crippen LogP contribution in [0.3, 0.4) is 0 Å². The van der Waals surface area contributed by atoms with Crippen LogP contribution in [0.2, 0.25) is 0 Å². The van der Waals surface area contributed by atoms with Crippen molar-refractivity contribution in [1.82, 2.24) is 5.32 Å². The first kappa shape index (κ1) is 14.4. The molecule has 0 saturated heterocycles. The van der Waals surface area contributed by atoms with E-state index in [4.69, 9.17) is 0 Å². The van der Waals surface area contributed by atoms with E-state index in [1.54, 1.807) is 0 Å². The van der Waals surface area contributed by atoms with Gasteiger partial charge in [0.1, 0.15) is 0 Å². The second-order valence-corrected chi connectivity index (χ2v) is 6.07. The van der Waals surface area contributed by atoms with Crippen molar-refractivity contribution in [2.24, 2.45) is 5.92 Å². The first-order chi connectivity index (χ1) is 9.19. The van der Waals surface area contributed by atoms with E-state index in [2.05, 4.69) is 55.5 Å². The second-order valence-electron chi connectivity index (χ2n) is 6.07. The molecule has 0 aliphatic heterocycles. The normalized spacial score (nSPS) is 23.3. The highest BCUT2D eigenvalue weighted by Gasteiger charge is 2.19. The van der Waals surface area contributed by atoms with E-state index in [1.165, 1.54) is 43.4 Å². The average Bonchev–Trinajstić information content (AvgIpc) is 2.46. The molecule has 2 rings (SSSR count). The van der Waals surface area contributed by atoms with Gasteiger partial charge in [0.2, 0.25) is 0 Å². The van der Waals surface area contributed by atoms with Gasteiger partial charge in [-0.15, -0.1) is 0 Å². The molecule has 1 aromatic rings. The van der Waals surface area contributed by atoms with Crippen molar-refractivity contribution in [2.75, 3.05) is 19.0 Å². The molecule has 0 heterocycles. The molecule has 1 aliphatic rings. The Balaban J connectivity index is 1.76. The molecular weight excluding hydrogens is 232 g/mol. The Labute approximate surface area is 118 Å². The summed E-state index contributed by atoms with van der Waals surface area (Å²) in [5, 5.41) is 3.72. The molecule has 2 heteroatoms. The van der Waals surface area contributed by atoms with Crippen LogP contribution in [-0.4, -0.2) is 20.1 Å². The van der Waals surface area contributed by atoms with E-state index >= 15 is 0 Å². The van der Waals surface area contributed by atoms with Gasteiger partial charge in [0.05, 0.1) is 0 Å². The van der Waals surface area contributed by atoms with E-state index in [0.717, 1.165) is 18.5 Å². The summed E-state index contributed by atoms with van der Waals surface area (Å²) in [4.78, 5) is 2.14. The number of hydrogen-bond donors (Lipinski definition) is 1. The number of anilines is 1. The summed E-state index contributed by atoms with van der Waals surface area (Å²) in [5.74, 6) is 0.984. The minimum atomic E-state index is 0.733. The Morgan fingerprint density at radius 1 is 1.05 bits per heavy atom. The van der Waals surface area contributed by atoms with Gasteiger partial charge in [0, 0.05) is 32.4 Å². The average molecular weight is 260 g/mol. The summed E-state index contributed by atoms with van der Waals surface area (Å²) in [6, 6.07) is 9.60. The van der Waals surface area contributed by atoms with Crippen molar-refractivity contribution >= 4 is 5.69 Å². The maximum absolute atomic E-state index is 3.72. The number of nitrogens with one attached hydrogen (secondary N) is 1. The van der Waals surface area contributed by atoms with E-state index in [9.17, 15) is 0 Å². The molecule has 0 unspecified atom stereocenters. The van der Waals surface area contributed by atoms with Crippen molar-refractivity contribution in [2.45, 2.75) is 51.6 Å². The lowest BCUT2D eigenvalue weighted by Crippen LogP contribution is -2.32. The minimum Gasteiger partial charge on any atom is -0.378 e. The van der Waals surface area contributed by atoms with Gasteiger partial charge >= 0.3 is 0 Å². The Bertz CT molecular complexity index is 361. The van der Waals surface area contributed by atoms with Crippen LogP contribution in [0.15, 0.2) is 24.3 Å². The van der Waals surface area contributed by atoms with E-state index < -0.39 is 0 Å². The third kappa shape index (κ3) is 4.24. The molecule has 1 N–H and O–H groups in total. The number of rotatable bonds is 5. The molecule has 1 fully saturated rings. The third-order valence-corrected chi connectivity index (χ3v) is 4.47. The van der Waals surface area contributed by atoms with Gasteiger partial charge in [-0.2, -0.15) is 0 Å². The van der Waals surface area contributed by atoms with Gasteiger partial charge in [0.25, 0.3) is 0 Å². The summed E-state index contributed by atoms with van der Waals surface area (Å²) in [7, 11) is 4.17. The molecule has 106 valence electrons. The standard InChI is InChI=1S/C17H28N2/c1-4-14-5-9-16(10-6-14)18-13-15-7-11-17(12-8-15)19(2)3/h7-8,11-12,14,16,18H,4-6,9-10,13H2,1-3H3. The molecule has 0 radical (unpaired) electrons. The highest BCUT2D eigenvalue weighted by molar-refractivity contribution is 5.45. The monoisotopic (exact) mass is 260 g/mol. The van der Waals surface area contributed by atoms with Crippen LogP contribution in [0, 0.1) is 5.92 Å². The smallest absolute Gasteiger partial charge is 0.0361 e. The van der Waals surface area contributed by atoms with E-state index in [-0.39, 0.29) is 0 Å². The van der Waals surface area contributed by atoms with E-state index in [0.29, 0.717) is 0 Å². The largest absolute Gasteiger partial charge is 0.378 e. The van der Waals surface area contributed by atoms with Crippen molar-refractivity contribution in [1.29, 1.82) is 0 Å². The summed E-state index contributed by atoms with van der Waals surface area (Å²) >= 11 is 0. The lowest BCUT2D eigenvalue weighted by molar-refractivity contribution is 0.285. The van der Waals surface area contributed by atoms with Crippen LogP contribution in [-0.2, 0) is 6.54 Å². The lowest BCUT2D eigenvalue weighted by atomic mass is 9.84. The van der Waals surface area contributed by atoms with Crippen LogP contribution < -0.4 is 10.2 Å². The third-order valence-electron chi connectivity index (χ3n) is 4.47. The molecule has 0 aromatic heterocycles. The highest BCUT2D eigenvalue weighted by atomic mass is 15.1. The summed E-state index contributed by atoms with van der Waals surface area (Å²) < 4.78 is 0. The fourth-order valence-corrected chi connectivity index (χ4v) is 2.95. The molecular formula is C17H28N2. The van der Waals surface area contributed by atoms with E-state index in [1.807, 2.05) is 0 Å². The van der Waals surface area contributed by atoms with Crippen LogP contribution in [0.5, 0.6) is 0 Å². The minimum absolute atomic E-state index is 0.733. The maximum Gasteiger partial charge on any atom is 0.0361 e. The first-order valence-electron chi connectivity index (χ1n) is 7.68. The van der Waals surface area contributed by atoms with Crippen LogP contribution in [0.25, 0.3) is 0 Å². The van der Waals surface area contributed by atoms with Crippen LogP contribution >= 0.6 is 0 Å². The van der Waals surface area contributed by atoms with Gasteiger partial charge in [-0.25, -0.2) is 0 Å². The number of benzene rings is 1. The molecule has 0 amide bonds. The molecule has 0 bridgehead atoms. The zero-order valence-electron chi connectivity index (χ0n) is 12.7. The van der Waals surface area contributed by atoms with Crippen molar-refractivity contribution in [3.8, 4) is 0 Å². The van der Waals surface area contributed by atoms with Gasteiger partial charge in [0.15, 0.2) is 0 Å². The zero-order chi connectivity index (χ0) is 13.7. The Kier molecular flexibility index (Phi) is 5.26. The van der Waals surface area contributed by atoms with Gasteiger partial charge < -0.3 is 10.2 Å². The molecule has 2 nitrogen and oxygen atoms in total. The molecule has 19 heavy (non-hydrogen) atoms. The summed E-state index contributed by atoms with van der Waals surface area (Å²) in [6.45, 7) is 3.33. The zero-order valence-corrected chi connectivity index (χ0v) is 12.7. The molecule has 0 spiro atoms. The molecule has 1 aliphatic carbocycles. The van der Waals surface area contributed by atoms with Crippen molar-refractivity contribution in [3.05, 3.63) is 29.8 Å². The summed E-state index contributed by atoms with van der Waals surface area (Å²) in [6.07, 6.45) is 6.89. The number of hydrogen-bond acceptors (Lipinski definition) is 2. The van der Waals surface area contributed by atoms with Gasteiger partial charge in [-0.1, -0.05) is 25.5 Å². The SMILES string of the molecule is CCC1CCC(NCc2ccc(N(C)C)cc2)CC1. The Morgan fingerprint density at radius 3 is 2.21 bits per heavy atom. The highest BCUT2D eigenvalue weighted by Crippen LogP contribution is 2.26. The van der Waals surface area contributed by atoms with Crippen molar-refractivity contribution < 1.29 is 0 Å². The fourth-order valence-electron chi connectivity index (χ4n) is 2.95. The predicted octanol–water partition coefficient (Wildman–Crippen LogP) is 3.81. The topological polar surface area (TPSA) is 15.3 Å². The Hall–Kier alpha value is -1.02. The molecule has 1 saturated carbocycles. The first-order valence-corrected chi connectivity index (χ1v) is 7.68. The predicted molar refractivity (Wildman–Crippen MR) is 83.6 cm³/mol. The maximum atomic E-state index is 3.72. The van der Waals surface area contributed by atoms with Crippen LogP contribution in [0.1, 0.15) is 44.6 Å². The quantitative estimate of drug-likeness (QED) is 0.866. The lowest BCUT2D eigenvalue weighted by Gasteiger charge is -2.28. The Morgan fingerprint density at radius 2 is 1.68 bits per heavy atom. The summed E-state index contributed by atoms with van der Waals surface area (Å²) in [5.41, 5.74) is 2.66. The molecule has 1 aromatic carbocycles. The van der Waals surface area contributed by atoms with Gasteiger partial charge in [-0.05, 0) is 49.3 Å². The molecule has 0 atom stereocenters. The number of nitrogens with zero attached hydrogens (tertiary/aromatic N) is 1. The van der Waals surface area contributed by atoms with Crippen LogP contribution in [0.4, 0.5) is 5.69 Å². The van der Waals surface area contributed by atoms with Crippen molar-refractivity contribution in [3.63, 3.8) is 0 Å². The fraction of sp³-hybridized carbons (Fsp3) is 0.647. The van der Waals surface area contributed by atoms with Gasteiger partial charge in [-0.3, -0.25) is 0 Å². The second kappa shape index (κ2) is 6.95.